The standard InChI is InChI=1S/C19H24N4O2/c24-18-2-1-15(13-20-18)11-14-4-8-22(9-5-14)19(25)16-6-10-23-17(12-16)3-7-21-23/h1-3,7,13-14,16H,4-6,8-12H2,(H,20,24). The molecule has 132 valence electrons. The van der Waals surface area contributed by atoms with Crippen LogP contribution in [0, 0.1) is 11.8 Å². The molecule has 6 heteroatoms. The molecule has 1 saturated heterocycles. The Morgan fingerprint density at radius 1 is 1.16 bits per heavy atom. The Hall–Kier alpha value is -2.37. The highest BCUT2D eigenvalue weighted by atomic mass is 16.2. The van der Waals surface area contributed by atoms with Gasteiger partial charge in [-0.15, -0.1) is 0 Å². The molecule has 2 aromatic heterocycles. The maximum atomic E-state index is 12.8. The van der Waals surface area contributed by atoms with E-state index in [1.807, 2.05) is 29.2 Å². The fraction of sp³-hybridized carbons (Fsp3) is 0.526. The summed E-state index contributed by atoms with van der Waals surface area (Å²) < 4.78 is 2.01. The number of aromatic nitrogens is 3. The van der Waals surface area contributed by atoms with Crippen LogP contribution in [0.25, 0.3) is 0 Å². The second kappa shape index (κ2) is 6.86. The van der Waals surface area contributed by atoms with Gasteiger partial charge in [0.15, 0.2) is 0 Å². The number of piperidine rings is 1. The van der Waals surface area contributed by atoms with Crippen molar-refractivity contribution in [2.45, 2.75) is 38.6 Å². The van der Waals surface area contributed by atoms with E-state index in [1.165, 1.54) is 11.3 Å². The Kier molecular flexibility index (Phi) is 4.42. The molecule has 0 radical (unpaired) electrons. The van der Waals surface area contributed by atoms with Crippen molar-refractivity contribution in [3.8, 4) is 0 Å². The summed E-state index contributed by atoms with van der Waals surface area (Å²) in [7, 11) is 0. The molecule has 0 bridgehead atoms. The van der Waals surface area contributed by atoms with E-state index in [4.69, 9.17) is 0 Å². The molecule has 1 atom stereocenters. The van der Waals surface area contributed by atoms with E-state index < -0.39 is 0 Å². The molecule has 0 aliphatic carbocycles. The lowest BCUT2D eigenvalue weighted by molar-refractivity contribution is -0.137. The van der Waals surface area contributed by atoms with E-state index >= 15 is 0 Å². The molecule has 0 saturated carbocycles. The lowest BCUT2D eigenvalue weighted by atomic mass is 9.89. The fourth-order valence-electron chi connectivity index (χ4n) is 4.10. The average Bonchev–Trinajstić information content (AvgIpc) is 3.11. The highest BCUT2D eigenvalue weighted by molar-refractivity contribution is 5.79. The number of nitrogens with zero attached hydrogens (tertiary/aromatic N) is 3. The molecule has 6 nitrogen and oxygen atoms in total. The Bertz CT molecular complexity index is 781. The van der Waals surface area contributed by atoms with Crippen molar-refractivity contribution in [1.29, 1.82) is 0 Å². The quantitative estimate of drug-likeness (QED) is 0.923. The van der Waals surface area contributed by atoms with Crippen LogP contribution in [0.3, 0.4) is 0 Å². The van der Waals surface area contributed by atoms with Gasteiger partial charge in [0.25, 0.3) is 0 Å². The van der Waals surface area contributed by atoms with E-state index in [-0.39, 0.29) is 11.5 Å². The van der Waals surface area contributed by atoms with Crippen molar-refractivity contribution < 1.29 is 4.79 Å². The van der Waals surface area contributed by atoms with Gasteiger partial charge < -0.3 is 9.88 Å². The molecule has 25 heavy (non-hydrogen) atoms. The molecule has 2 aliphatic rings. The van der Waals surface area contributed by atoms with Gasteiger partial charge in [0.1, 0.15) is 0 Å². The summed E-state index contributed by atoms with van der Waals surface area (Å²) in [6.45, 7) is 2.55. The largest absolute Gasteiger partial charge is 0.342 e. The number of hydrogen-bond donors (Lipinski definition) is 1. The molecule has 1 fully saturated rings. The third-order valence-electron chi connectivity index (χ3n) is 5.60. The third kappa shape index (κ3) is 3.52. The summed E-state index contributed by atoms with van der Waals surface area (Å²) in [5, 5.41) is 4.29. The number of pyridine rings is 1. The van der Waals surface area contributed by atoms with Crippen molar-refractivity contribution >= 4 is 5.91 Å². The Morgan fingerprint density at radius 3 is 2.76 bits per heavy atom. The number of hydrogen-bond acceptors (Lipinski definition) is 3. The van der Waals surface area contributed by atoms with Crippen LogP contribution in [0.4, 0.5) is 0 Å². The number of likely N-dealkylation sites (tertiary alicyclic amines) is 1. The van der Waals surface area contributed by atoms with Gasteiger partial charge in [-0.1, -0.05) is 6.07 Å². The molecular formula is C19H24N4O2. The maximum Gasteiger partial charge on any atom is 0.247 e. The molecule has 0 aromatic carbocycles. The predicted octanol–water partition coefficient (Wildman–Crippen LogP) is 1.62. The van der Waals surface area contributed by atoms with E-state index in [9.17, 15) is 9.59 Å². The number of fused-ring (bicyclic) bond motifs is 1. The second-order valence-corrected chi connectivity index (χ2v) is 7.27. The van der Waals surface area contributed by atoms with Gasteiger partial charge in [-0.2, -0.15) is 5.10 Å². The number of carbonyl (C=O) groups excluding carboxylic acids is 1. The van der Waals surface area contributed by atoms with Gasteiger partial charge in [0.05, 0.1) is 0 Å². The minimum Gasteiger partial charge on any atom is -0.342 e. The first-order chi connectivity index (χ1) is 12.2. The monoisotopic (exact) mass is 340 g/mol. The van der Waals surface area contributed by atoms with E-state index in [0.29, 0.717) is 11.8 Å². The van der Waals surface area contributed by atoms with Gasteiger partial charge in [-0.3, -0.25) is 14.3 Å². The average molecular weight is 340 g/mol. The fourth-order valence-corrected chi connectivity index (χ4v) is 4.10. The van der Waals surface area contributed by atoms with Crippen LogP contribution in [0.5, 0.6) is 0 Å². The summed E-state index contributed by atoms with van der Waals surface area (Å²) in [6, 6.07) is 5.51. The zero-order valence-corrected chi connectivity index (χ0v) is 14.4. The zero-order valence-electron chi connectivity index (χ0n) is 14.4. The van der Waals surface area contributed by atoms with Gasteiger partial charge in [0, 0.05) is 56.1 Å². The Balaban J connectivity index is 1.30. The molecule has 1 amide bonds. The number of amides is 1. The first-order valence-corrected chi connectivity index (χ1v) is 9.16. The molecule has 1 unspecified atom stereocenters. The molecule has 4 heterocycles. The Labute approximate surface area is 146 Å². The number of carbonyl (C=O) groups is 1. The number of aromatic amines is 1. The Morgan fingerprint density at radius 2 is 2.00 bits per heavy atom. The van der Waals surface area contributed by atoms with Gasteiger partial charge in [0.2, 0.25) is 11.5 Å². The molecule has 2 aliphatic heterocycles. The van der Waals surface area contributed by atoms with E-state index in [1.54, 1.807) is 6.07 Å². The number of aryl methyl sites for hydroxylation is 1. The first kappa shape index (κ1) is 16.1. The van der Waals surface area contributed by atoms with E-state index in [0.717, 1.165) is 51.7 Å². The van der Waals surface area contributed by atoms with Gasteiger partial charge in [-0.05, 0) is 43.2 Å². The summed E-state index contributed by atoms with van der Waals surface area (Å²) in [5.41, 5.74) is 2.29. The van der Waals surface area contributed by atoms with Gasteiger partial charge in [-0.25, -0.2) is 0 Å². The molecular weight excluding hydrogens is 316 g/mol. The summed E-state index contributed by atoms with van der Waals surface area (Å²) >= 11 is 0. The smallest absolute Gasteiger partial charge is 0.247 e. The summed E-state index contributed by atoms with van der Waals surface area (Å²) in [6.07, 6.45) is 8.39. The zero-order chi connectivity index (χ0) is 17.2. The number of nitrogens with one attached hydrogen (secondary N) is 1. The maximum absolute atomic E-state index is 12.8. The SMILES string of the molecule is O=C(C1CCn2nccc2C1)N1CCC(Cc2ccc(=O)[nH]c2)CC1. The van der Waals surface area contributed by atoms with Crippen LogP contribution < -0.4 is 5.56 Å². The highest BCUT2D eigenvalue weighted by Crippen LogP contribution is 2.26. The number of H-pyrrole nitrogens is 1. The van der Waals surface area contributed by atoms with Crippen LogP contribution >= 0.6 is 0 Å². The molecule has 1 N–H and O–H groups in total. The topological polar surface area (TPSA) is 71.0 Å². The van der Waals surface area contributed by atoms with Crippen LogP contribution in [0.1, 0.15) is 30.5 Å². The normalized spacial score (nSPS) is 21.1. The second-order valence-electron chi connectivity index (χ2n) is 7.27. The lowest BCUT2D eigenvalue weighted by Crippen LogP contribution is -2.43. The first-order valence-electron chi connectivity index (χ1n) is 9.16. The minimum atomic E-state index is -0.0574. The molecule has 2 aromatic rings. The van der Waals surface area contributed by atoms with E-state index in [2.05, 4.69) is 15.0 Å². The molecule has 0 spiro atoms. The predicted molar refractivity (Wildman–Crippen MR) is 94.1 cm³/mol. The van der Waals surface area contributed by atoms with Crippen molar-refractivity contribution in [3.63, 3.8) is 0 Å². The highest BCUT2D eigenvalue weighted by Gasteiger charge is 2.31. The summed E-state index contributed by atoms with van der Waals surface area (Å²) in [5.74, 6) is 1.01. The lowest BCUT2D eigenvalue weighted by Gasteiger charge is -2.35. The van der Waals surface area contributed by atoms with Gasteiger partial charge >= 0.3 is 0 Å². The van der Waals surface area contributed by atoms with Crippen LogP contribution in [-0.4, -0.2) is 38.7 Å². The van der Waals surface area contributed by atoms with Crippen LogP contribution in [0.2, 0.25) is 0 Å². The molecule has 4 rings (SSSR count). The third-order valence-corrected chi connectivity index (χ3v) is 5.60. The van der Waals surface area contributed by atoms with Crippen molar-refractivity contribution in [2.24, 2.45) is 11.8 Å². The van der Waals surface area contributed by atoms with Crippen LogP contribution in [0.15, 0.2) is 35.4 Å². The van der Waals surface area contributed by atoms with Crippen molar-refractivity contribution in [1.82, 2.24) is 19.7 Å². The number of rotatable bonds is 3. The minimum absolute atomic E-state index is 0.0574. The van der Waals surface area contributed by atoms with Crippen molar-refractivity contribution in [3.05, 3.63) is 52.2 Å². The van der Waals surface area contributed by atoms with Crippen LogP contribution in [-0.2, 0) is 24.2 Å². The van der Waals surface area contributed by atoms with Crippen molar-refractivity contribution in [2.75, 3.05) is 13.1 Å². The summed E-state index contributed by atoms with van der Waals surface area (Å²) in [4.78, 5) is 28.8.